The van der Waals surface area contributed by atoms with Crippen molar-refractivity contribution in [2.45, 2.75) is 39.2 Å². The van der Waals surface area contributed by atoms with Crippen LogP contribution in [0.2, 0.25) is 0 Å². The summed E-state index contributed by atoms with van der Waals surface area (Å²) >= 11 is 0. The molecule has 0 spiro atoms. The number of carbonyl (C=O) groups is 1. The molecule has 0 aliphatic heterocycles. The summed E-state index contributed by atoms with van der Waals surface area (Å²) < 4.78 is 5.43. The molecule has 1 unspecified atom stereocenters. The zero-order chi connectivity index (χ0) is 12.6. The maximum absolute atomic E-state index is 12.1. The fraction of sp³-hybridized carbons (Fsp3) is 0.400. The average molecular weight is 230 g/mol. The van der Waals surface area contributed by atoms with Gasteiger partial charge in [0.25, 0.3) is 0 Å². The van der Waals surface area contributed by atoms with Crippen molar-refractivity contribution in [2.75, 3.05) is 0 Å². The second-order valence-electron chi connectivity index (χ2n) is 5.50. The van der Waals surface area contributed by atoms with Crippen molar-refractivity contribution in [3.63, 3.8) is 0 Å². The number of carbonyl (C=O) groups excluding carboxylic acids is 1. The Labute approximate surface area is 102 Å². The number of rotatable bonds is 1. The predicted octanol–water partition coefficient (Wildman–Crippen LogP) is 3.45. The molecule has 0 fully saturated rings. The van der Waals surface area contributed by atoms with Crippen LogP contribution in [0.5, 0.6) is 0 Å². The van der Waals surface area contributed by atoms with Crippen LogP contribution in [0, 0.1) is 6.92 Å². The minimum Gasteiger partial charge on any atom is -0.459 e. The molecular weight excluding hydrogens is 212 g/mol. The second-order valence-corrected chi connectivity index (χ2v) is 5.50. The van der Waals surface area contributed by atoms with Crippen LogP contribution >= 0.6 is 0 Å². The summed E-state index contributed by atoms with van der Waals surface area (Å²) in [6.45, 7) is 7.70. The van der Waals surface area contributed by atoms with Gasteiger partial charge in [-0.05, 0) is 38.8 Å². The van der Waals surface area contributed by atoms with Gasteiger partial charge in [0, 0.05) is 0 Å². The van der Waals surface area contributed by atoms with Gasteiger partial charge in [0.15, 0.2) is 0 Å². The molecule has 0 amide bonds. The standard InChI is InChI=1S/C15H18O2/c1-10-5-6-11-7-8-12(13(11)9-10)14(16)17-15(2,3)4/h5-9,12H,1-4H3. The normalized spacial score (nSPS) is 18.0. The number of ether oxygens (including phenoxy) is 1. The first-order chi connectivity index (χ1) is 7.87. The number of hydrogen-bond donors (Lipinski definition) is 0. The van der Waals surface area contributed by atoms with Crippen LogP contribution in [-0.2, 0) is 9.53 Å². The number of esters is 1. The van der Waals surface area contributed by atoms with Gasteiger partial charge in [0.2, 0.25) is 0 Å². The zero-order valence-electron chi connectivity index (χ0n) is 10.8. The van der Waals surface area contributed by atoms with Crippen LogP contribution in [0.15, 0.2) is 24.3 Å². The lowest BCUT2D eigenvalue weighted by Crippen LogP contribution is -2.26. The monoisotopic (exact) mass is 230 g/mol. The van der Waals surface area contributed by atoms with E-state index in [2.05, 4.69) is 12.1 Å². The molecule has 2 rings (SSSR count). The van der Waals surface area contributed by atoms with Gasteiger partial charge in [-0.1, -0.05) is 35.9 Å². The van der Waals surface area contributed by atoms with Crippen LogP contribution < -0.4 is 0 Å². The van der Waals surface area contributed by atoms with Gasteiger partial charge in [-0.25, -0.2) is 0 Å². The number of benzene rings is 1. The maximum atomic E-state index is 12.1. The summed E-state index contributed by atoms with van der Waals surface area (Å²) in [5.41, 5.74) is 2.91. The van der Waals surface area contributed by atoms with E-state index in [0.29, 0.717) is 0 Å². The van der Waals surface area contributed by atoms with Crippen LogP contribution in [0.4, 0.5) is 0 Å². The first-order valence-electron chi connectivity index (χ1n) is 5.88. The van der Waals surface area contributed by atoms with Crippen LogP contribution in [0.3, 0.4) is 0 Å². The molecule has 90 valence electrons. The first kappa shape index (κ1) is 11.9. The Kier molecular flexibility index (Phi) is 2.82. The highest BCUT2D eigenvalue weighted by Gasteiger charge is 2.28. The molecule has 0 saturated heterocycles. The fourth-order valence-electron chi connectivity index (χ4n) is 1.99. The summed E-state index contributed by atoms with van der Waals surface area (Å²) in [5, 5.41) is 0. The third-order valence-corrected chi connectivity index (χ3v) is 2.71. The maximum Gasteiger partial charge on any atom is 0.317 e. The molecule has 0 N–H and O–H groups in total. The summed E-state index contributed by atoms with van der Waals surface area (Å²) in [4.78, 5) is 12.1. The summed E-state index contributed by atoms with van der Waals surface area (Å²) in [6.07, 6.45) is 3.90. The van der Waals surface area contributed by atoms with E-state index in [1.807, 2.05) is 45.9 Å². The van der Waals surface area contributed by atoms with E-state index in [4.69, 9.17) is 4.74 Å². The summed E-state index contributed by atoms with van der Waals surface area (Å²) in [6, 6.07) is 6.16. The van der Waals surface area contributed by atoms with Gasteiger partial charge < -0.3 is 4.74 Å². The minimum atomic E-state index is -0.433. The summed E-state index contributed by atoms with van der Waals surface area (Å²) in [7, 11) is 0. The second kappa shape index (κ2) is 4.02. The Morgan fingerprint density at radius 1 is 1.29 bits per heavy atom. The number of fused-ring (bicyclic) bond motifs is 1. The van der Waals surface area contributed by atoms with Crippen molar-refractivity contribution in [2.24, 2.45) is 0 Å². The van der Waals surface area contributed by atoms with Gasteiger partial charge in [0.05, 0.1) is 0 Å². The fourth-order valence-corrected chi connectivity index (χ4v) is 1.99. The molecule has 2 heteroatoms. The van der Waals surface area contributed by atoms with Crippen LogP contribution in [0.1, 0.15) is 43.4 Å². The molecule has 1 aliphatic rings. The Balaban J connectivity index is 2.25. The highest BCUT2D eigenvalue weighted by Crippen LogP contribution is 2.32. The molecule has 1 aromatic rings. The van der Waals surface area contributed by atoms with Crippen LogP contribution in [0.25, 0.3) is 6.08 Å². The lowest BCUT2D eigenvalue weighted by atomic mass is 9.98. The molecule has 17 heavy (non-hydrogen) atoms. The zero-order valence-corrected chi connectivity index (χ0v) is 10.8. The van der Waals surface area contributed by atoms with Crippen molar-refractivity contribution < 1.29 is 9.53 Å². The largest absolute Gasteiger partial charge is 0.459 e. The Morgan fingerprint density at radius 2 is 2.00 bits per heavy atom. The number of aryl methyl sites for hydroxylation is 1. The van der Waals surface area contributed by atoms with E-state index in [9.17, 15) is 4.79 Å². The average Bonchev–Trinajstić information content (AvgIpc) is 2.57. The Morgan fingerprint density at radius 3 is 2.65 bits per heavy atom. The van der Waals surface area contributed by atoms with Crippen LogP contribution in [-0.4, -0.2) is 11.6 Å². The van der Waals surface area contributed by atoms with Gasteiger partial charge >= 0.3 is 5.97 Å². The van der Waals surface area contributed by atoms with Crippen molar-refractivity contribution in [3.05, 3.63) is 41.0 Å². The summed E-state index contributed by atoms with van der Waals surface area (Å²) in [5.74, 6) is -0.415. The molecule has 1 aliphatic carbocycles. The van der Waals surface area contributed by atoms with E-state index in [-0.39, 0.29) is 11.9 Å². The molecule has 0 saturated carbocycles. The Hall–Kier alpha value is -1.57. The van der Waals surface area contributed by atoms with Crippen molar-refractivity contribution >= 4 is 12.0 Å². The smallest absolute Gasteiger partial charge is 0.317 e. The lowest BCUT2D eigenvalue weighted by molar-refractivity contribution is -0.155. The molecule has 1 aromatic carbocycles. The third-order valence-electron chi connectivity index (χ3n) is 2.71. The lowest BCUT2D eigenvalue weighted by Gasteiger charge is -2.22. The Bertz CT molecular complexity index is 478. The van der Waals surface area contributed by atoms with Gasteiger partial charge in [0.1, 0.15) is 11.5 Å². The van der Waals surface area contributed by atoms with Crippen molar-refractivity contribution in [1.29, 1.82) is 0 Å². The first-order valence-corrected chi connectivity index (χ1v) is 5.88. The third kappa shape index (κ3) is 2.57. The van der Waals surface area contributed by atoms with E-state index in [1.165, 1.54) is 5.56 Å². The van der Waals surface area contributed by atoms with Crippen molar-refractivity contribution in [3.8, 4) is 0 Å². The highest BCUT2D eigenvalue weighted by atomic mass is 16.6. The minimum absolute atomic E-state index is 0.168. The van der Waals surface area contributed by atoms with Gasteiger partial charge in [-0.15, -0.1) is 0 Å². The molecule has 1 atom stereocenters. The highest BCUT2D eigenvalue weighted by molar-refractivity contribution is 5.86. The predicted molar refractivity (Wildman–Crippen MR) is 68.8 cm³/mol. The molecule has 2 nitrogen and oxygen atoms in total. The molecular formula is C15H18O2. The molecule has 0 bridgehead atoms. The molecule has 0 aromatic heterocycles. The number of hydrogen-bond acceptors (Lipinski definition) is 2. The quantitative estimate of drug-likeness (QED) is 0.691. The van der Waals surface area contributed by atoms with E-state index in [0.717, 1.165) is 11.1 Å². The topological polar surface area (TPSA) is 26.3 Å². The molecule has 0 radical (unpaired) electrons. The van der Waals surface area contributed by atoms with Crippen molar-refractivity contribution in [1.82, 2.24) is 0 Å². The van der Waals surface area contributed by atoms with Gasteiger partial charge in [-0.3, -0.25) is 4.79 Å². The van der Waals surface area contributed by atoms with E-state index < -0.39 is 5.60 Å². The SMILES string of the molecule is Cc1ccc2c(c1)C(C(=O)OC(C)(C)C)C=C2. The van der Waals surface area contributed by atoms with E-state index >= 15 is 0 Å². The van der Waals surface area contributed by atoms with Gasteiger partial charge in [-0.2, -0.15) is 0 Å². The van der Waals surface area contributed by atoms with E-state index in [1.54, 1.807) is 0 Å². The molecule has 0 heterocycles.